The van der Waals surface area contributed by atoms with Crippen LogP contribution in [0.2, 0.25) is 0 Å². The van der Waals surface area contributed by atoms with Gasteiger partial charge in [-0.25, -0.2) is 0 Å². The molecule has 2 N–H and O–H groups in total. The second-order valence-electron chi connectivity index (χ2n) is 6.04. The molecule has 0 atom stereocenters. The van der Waals surface area contributed by atoms with Gasteiger partial charge in [0.15, 0.2) is 0 Å². The Labute approximate surface area is 111 Å². The van der Waals surface area contributed by atoms with E-state index in [0.717, 1.165) is 45.7 Å². The Hall–Kier alpha value is -0.160. The van der Waals surface area contributed by atoms with Crippen molar-refractivity contribution in [3.05, 3.63) is 0 Å². The van der Waals surface area contributed by atoms with Crippen LogP contribution in [0.25, 0.3) is 0 Å². The van der Waals surface area contributed by atoms with E-state index in [1.807, 2.05) is 0 Å². The number of ether oxygens (including phenoxy) is 1. The third-order valence-electron chi connectivity index (χ3n) is 4.63. The summed E-state index contributed by atoms with van der Waals surface area (Å²) >= 11 is 0. The summed E-state index contributed by atoms with van der Waals surface area (Å²) in [6.45, 7) is 6.77. The number of hydrogen-bond acceptors (Lipinski definition) is 4. The van der Waals surface area contributed by atoms with Gasteiger partial charge in [-0.05, 0) is 57.2 Å². The van der Waals surface area contributed by atoms with Crippen LogP contribution in [-0.4, -0.2) is 63.1 Å². The van der Waals surface area contributed by atoms with Crippen molar-refractivity contribution in [2.24, 2.45) is 11.3 Å². The molecule has 0 aliphatic carbocycles. The highest BCUT2D eigenvalue weighted by atomic mass is 16.5. The lowest BCUT2D eigenvalue weighted by molar-refractivity contribution is -0.0103. The number of hydrogen-bond donors (Lipinski definition) is 2. The summed E-state index contributed by atoms with van der Waals surface area (Å²) in [4.78, 5) is 2.59. The Morgan fingerprint density at radius 3 is 2.50 bits per heavy atom. The number of nitrogens with one attached hydrogen (secondary N) is 1. The second kappa shape index (κ2) is 6.85. The lowest BCUT2D eigenvalue weighted by atomic mass is 9.79. The molecule has 0 saturated carbocycles. The fourth-order valence-electron chi connectivity index (χ4n) is 3.37. The lowest BCUT2D eigenvalue weighted by Crippen LogP contribution is -2.48. The van der Waals surface area contributed by atoms with E-state index in [-0.39, 0.29) is 0 Å². The summed E-state index contributed by atoms with van der Waals surface area (Å²) in [7, 11) is 2.05. The molecule has 0 unspecified atom stereocenters. The molecule has 0 amide bonds. The van der Waals surface area contributed by atoms with Gasteiger partial charge in [-0.2, -0.15) is 0 Å². The van der Waals surface area contributed by atoms with Crippen molar-refractivity contribution in [1.82, 2.24) is 10.2 Å². The normalized spacial score (nSPS) is 26.3. The summed E-state index contributed by atoms with van der Waals surface area (Å²) in [5, 5.41) is 12.6. The maximum Gasteiger partial charge on any atom is 0.0472 e. The van der Waals surface area contributed by atoms with E-state index < -0.39 is 0 Å². The summed E-state index contributed by atoms with van der Waals surface area (Å²) < 4.78 is 5.52. The quantitative estimate of drug-likeness (QED) is 0.760. The van der Waals surface area contributed by atoms with E-state index in [1.54, 1.807) is 0 Å². The largest absolute Gasteiger partial charge is 0.396 e. The molecule has 0 aromatic rings. The van der Waals surface area contributed by atoms with Gasteiger partial charge >= 0.3 is 0 Å². The van der Waals surface area contributed by atoms with Crippen LogP contribution in [0.5, 0.6) is 0 Å². The predicted molar refractivity (Wildman–Crippen MR) is 72.7 cm³/mol. The van der Waals surface area contributed by atoms with E-state index in [1.165, 1.54) is 19.4 Å². The number of nitrogens with zero attached hydrogens (tertiary/aromatic N) is 1. The molecule has 0 radical (unpaired) electrons. The van der Waals surface area contributed by atoms with Gasteiger partial charge in [-0.15, -0.1) is 0 Å². The van der Waals surface area contributed by atoms with Gasteiger partial charge in [0.1, 0.15) is 0 Å². The molecule has 0 bridgehead atoms. The average molecular weight is 256 g/mol. The summed E-state index contributed by atoms with van der Waals surface area (Å²) in [6.07, 6.45) is 4.66. The van der Waals surface area contributed by atoms with E-state index in [2.05, 4.69) is 17.3 Å². The second-order valence-corrected chi connectivity index (χ2v) is 6.04. The van der Waals surface area contributed by atoms with Gasteiger partial charge in [0.05, 0.1) is 0 Å². The number of aliphatic hydroxyl groups excluding tert-OH is 1. The maximum atomic E-state index is 9.19. The molecule has 4 nitrogen and oxygen atoms in total. The molecule has 2 aliphatic heterocycles. The molecule has 2 fully saturated rings. The monoisotopic (exact) mass is 256 g/mol. The van der Waals surface area contributed by atoms with Crippen LogP contribution in [0, 0.1) is 11.3 Å². The molecule has 2 saturated heterocycles. The number of rotatable bonds is 5. The van der Waals surface area contributed by atoms with E-state index >= 15 is 0 Å². The van der Waals surface area contributed by atoms with Crippen LogP contribution in [0.1, 0.15) is 25.7 Å². The molecule has 18 heavy (non-hydrogen) atoms. The van der Waals surface area contributed by atoms with Gasteiger partial charge < -0.3 is 20.1 Å². The third-order valence-corrected chi connectivity index (χ3v) is 4.63. The molecule has 106 valence electrons. The minimum Gasteiger partial charge on any atom is -0.396 e. The first-order chi connectivity index (χ1) is 8.78. The van der Waals surface area contributed by atoms with Gasteiger partial charge in [0.25, 0.3) is 0 Å². The van der Waals surface area contributed by atoms with Crippen LogP contribution in [0.3, 0.4) is 0 Å². The zero-order chi connectivity index (χ0) is 12.8. The molecule has 2 rings (SSSR count). The van der Waals surface area contributed by atoms with Crippen LogP contribution < -0.4 is 5.32 Å². The first-order valence-electron chi connectivity index (χ1n) is 7.33. The van der Waals surface area contributed by atoms with Crippen molar-refractivity contribution in [1.29, 1.82) is 0 Å². The standard InChI is InChI=1S/C14H28N2O2/c1-15-11-14(4-8-18-9-5-14)12-16-6-2-13(10-17)3-7-16/h13,15,17H,2-12H2,1H3. The predicted octanol–water partition coefficient (Wildman–Crippen LogP) is 0.707. The van der Waals surface area contributed by atoms with Crippen molar-refractivity contribution in [3.63, 3.8) is 0 Å². The Morgan fingerprint density at radius 1 is 1.28 bits per heavy atom. The molecule has 2 aliphatic rings. The van der Waals surface area contributed by atoms with E-state index in [9.17, 15) is 5.11 Å². The van der Waals surface area contributed by atoms with E-state index in [4.69, 9.17) is 4.74 Å². The zero-order valence-electron chi connectivity index (χ0n) is 11.7. The molecule has 0 aromatic heterocycles. The van der Waals surface area contributed by atoms with Crippen LogP contribution in [-0.2, 0) is 4.74 Å². The van der Waals surface area contributed by atoms with Crippen molar-refractivity contribution in [2.45, 2.75) is 25.7 Å². The smallest absolute Gasteiger partial charge is 0.0472 e. The molecule has 0 spiro atoms. The first kappa shape index (κ1) is 14.3. The number of aliphatic hydroxyl groups is 1. The number of likely N-dealkylation sites (tertiary alicyclic amines) is 1. The Morgan fingerprint density at radius 2 is 1.94 bits per heavy atom. The molecular weight excluding hydrogens is 228 g/mol. The maximum absolute atomic E-state index is 9.19. The first-order valence-corrected chi connectivity index (χ1v) is 7.33. The van der Waals surface area contributed by atoms with Crippen molar-refractivity contribution in [3.8, 4) is 0 Å². The van der Waals surface area contributed by atoms with Crippen LogP contribution in [0.15, 0.2) is 0 Å². The van der Waals surface area contributed by atoms with Gasteiger partial charge in [-0.3, -0.25) is 0 Å². The fourth-order valence-corrected chi connectivity index (χ4v) is 3.37. The molecular formula is C14H28N2O2. The van der Waals surface area contributed by atoms with E-state index in [0.29, 0.717) is 17.9 Å². The highest BCUT2D eigenvalue weighted by molar-refractivity contribution is 4.88. The zero-order valence-corrected chi connectivity index (χ0v) is 11.7. The van der Waals surface area contributed by atoms with Crippen LogP contribution in [0.4, 0.5) is 0 Å². The van der Waals surface area contributed by atoms with Crippen molar-refractivity contribution in [2.75, 3.05) is 53.0 Å². The SMILES string of the molecule is CNCC1(CN2CCC(CO)CC2)CCOCC1. The summed E-state index contributed by atoms with van der Waals surface area (Å²) in [6, 6.07) is 0. The Balaban J connectivity index is 1.85. The Bertz CT molecular complexity index is 228. The topological polar surface area (TPSA) is 44.7 Å². The minimum atomic E-state index is 0.364. The van der Waals surface area contributed by atoms with Gasteiger partial charge in [0, 0.05) is 32.9 Å². The number of piperidine rings is 1. The summed E-state index contributed by atoms with van der Waals surface area (Å²) in [5.41, 5.74) is 0.402. The molecule has 2 heterocycles. The average Bonchev–Trinajstić information content (AvgIpc) is 2.41. The van der Waals surface area contributed by atoms with Gasteiger partial charge in [0.2, 0.25) is 0 Å². The molecule has 4 heteroatoms. The fraction of sp³-hybridized carbons (Fsp3) is 1.00. The third kappa shape index (κ3) is 3.67. The Kier molecular flexibility index (Phi) is 5.42. The van der Waals surface area contributed by atoms with Crippen molar-refractivity contribution >= 4 is 0 Å². The van der Waals surface area contributed by atoms with Gasteiger partial charge in [-0.1, -0.05) is 0 Å². The molecule has 0 aromatic carbocycles. The lowest BCUT2D eigenvalue weighted by Gasteiger charge is -2.43. The van der Waals surface area contributed by atoms with Crippen molar-refractivity contribution < 1.29 is 9.84 Å². The summed E-state index contributed by atoms with van der Waals surface area (Å²) in [5.74, 6) is 0.538. The highest BCUT2D eigenvalue weighted by Crippen LogP contribution is 2.32. The minimum absolute atomic E-state index is 0.364. The van der Waals surface area contributed by atoms with Crippen LogP contribution >= 0.6 is 0 Å². The highest BCUT2D eigenvalue weighted by Gasteiger charge is 2.34.